The van der Waals surface area contributed by atoms with Gasteiger partial charge in [0.25, 0.3) is 0 Å². The van der Waals surface area contributed by atoms with Crippen molar-refractivity contribution >= 4 is 34.3 Å². The van der Waals surface area contributed by atoms with Crippen LogP contribution in [0, 0.1) is 0 Å². The van der Waals surface area contributed by atoms with Gasteiger partial charge in [0.05, 0.1) is 11.9 Å². The van der Waals surface area contributed by atoms with Crippen molar-refractivity contribution in [1.29, 1.82) is 0 Å². The van der Waals surface area contributed by atoms with Crippen molar-refractivity contribution in [1.82, 2.24) is 4.98 Å². The highest BCUT2D eigenvalue weighted by Crippen LogP contribution is 2.28. The zero-order valence-electron chi connectivity index (χ0n) is 12.7. The smallest absolute Gasteiger partial charge is 0.228 e. The molecule has 0 spiro atoms. The van der Waals surface area contributed by atoms with E-state index >= 15 is 0 Å². The van der Waals surface area contributed by atoms with Crippen LogP contribution >= 0.6 is 11.8 Å². The van der Waals surface area contributed by atoms with Gasteiger partial charge in [-0.3, -0.25) is 9.59 Å². The Bertz CT molecular complexity index is 514. The van der Waals surface area contributed by atoms with E-state index in [0.29, 0.717) is 13.0 Å². The summed E-state index contributed by atoms with van der Waals surface area (Å²) in [5, 5.41) is 0.113. The van der Waals surface area contributed by atoms with Gasteiger partial charge in [-0.15, -0.1) is 0 Å². The van der Waals surface area contributed by atoms with Gasteiger partial charge in [-0.1, -0.05) is 11.8 Å². The molecule has 0 saturated carbocycles. The van der Waals surface area contributed by atoms with Crippen molar-refractivity contribution < 1.29 is 9.59 Å². The summed E-state index contributed by atoms with van der Waals surface area (Å²) in [6.45, 7) is 8.11. The first kappa shape index (κ1) is 15.8. The maximum absolute atomic E-state index is 12.1. The van der Waals surface area contributed by atoms with E-state index in [1.165, 1.54) is 18.7 Å². The second kappa shape index (κ2) is 6.93. The summed E-state index contributed by atoms with van der Waals surface area (Å²) in [5.74, 6) is 0.983. The molecule has 0 radical (unpaired) electrons. The fraction of sp³-hybridized carbons (Fsp3) is 0.533. The minimum Gasteiger partial charge on any atom is -0.357 e. The SMILES string of the molecule is CCN(CC)c1ccc(N2CC(SC(C)=O)CC2=O)cn1. The van der Waals surface area contributed by atoms with Crippen LogP contribution in [0.2, 0.25) is 0 Å². The number of pyridine rings is 1. The van der Waals surface area contributed by atoms with E-state index in [1.807, 2.05) is 12.1 Å². The summed E-state index contributed by atoms with van der Waals surface area (Å²) in [5.41, 5.74) is 0.808. The van der Waals surface area contributed by atoms with Crippen LogP contribution < -0.4 is 9.80 Å². The first-order valence-electron chi connectivity index (χ1n) is 7.23. The first-order chi connectivity index (χ1) is 10.0. The molecule has 0 aromatic carbocycles. The molecule has 1 unspecified atom stereocenters. The summed E-state index contributed by atoms with van der Waals surface area (Å²) >= 11 is 1.25. The molecule has 0 N–H and O–H groups in total. The summed E-state index contributed by atoms with van der Waals surface area (Å²) in [7, 11) is 0. The van der Waals surface area contributed by atoms with Gasteiger partial charge in [0.2, 0.25) is 5.91 Å². The lowest BCUT2D eigenvalue weighted by atomic mass is 10.3. The van der Waals surface area contributed by atoms with Crippen molar-refractivity contribution in [2.75, 3.05) is 29.4 Å². The third-order valence-corrected chi connectivity index (χ3v) is 4.53. The summed E-state index contributed by atoms with van der Waals surface area (Å²) in [6.07, 6.45) is 2.16. The fourth-order valence-electron chi connectivity index (χ4n) is 2.51. The van der Waals surface area contributed by atoms with Crippen LogP contribution in [0.1, 0.15) is 27.2 Å². The van der Waals surface area contributed by atoms with Crippen LogP contribution in [0.25, 0.3) is 0 Å². The second-order valence-corrected chi connectivity index (χ2v) is 6.46. The van der Waals surface area contributed by atoms with E-state index in [0.717, 1.165) is 24.6 Å². The molecule has 1 atom stereocenters. The first-order valence-corrected chi connectivity index (χ1v) is 8.11. The Morgan fingerprint density at radius 2 is 2.14 bits per heavy atom. The van der Waals surface area contributed by atoms with Crippen LogP contribution in [0.3, 0.4) is 0 Å². The van der Waals surface area contributed by atoms with E-state index in [2.05, 4.69) is 23.7 Å². The zero-order chi connectivity index (χ0) is 15.4. The highest BCUT2D eigenvalue weighted by molar-refractivity contribution is 8.14. The molecule has 2 heterocycles. The van der Waals surface area contributed by atoms with Crippen LogP contribution in [0.15, 0.2) is 18.3 Å². The predicted molar refractivity (Wildman–Crippen MR) is 86.8 cm³/mol. The van der Waals surface area contributed by atoms with Gasteiger partial charge in [-0.05, 0) is 26.0 Å². The molecule has 1 aromatic rings. The van der Waals surface area contributed by atoms with Crippen LogP contribution in [0.4, 0.5) is 11.5 Å². The molecule has 0 aliphatic carbocycles. The maximum Gasteiger partial charge on any atom is 0.228 e. The zero-order valence-corrected chi connectivity index (χ0v) is 13.5. The van der Waals surface area contributed by atoms with E-state index in [-0.39, 0.29) is 16.3 Å². The topological polar surface area (TPSA) is 53.5 Å². The van der Waals surface area contributed by atoms with E-state index in [1.54, 1.807) is 11.1 Å². The molecule has 1 saturated heterocycles. The highest BCUT2D eigenvalue weighted by atomic mass is 32.2. The number of aromatic nitrogens is 1. The normalized spacial score (nSPS) is 18.1. The largest absolute Gasteiger partial charge is 0.357 e. The van der Waals surface area contributed by atoms with Gasteiger partial charge in [0, 0.05) is 38.2 Å². The quantitative estimate of drug-likeness (QED) is 0.835. The lowest BCUT2D eigenvalue weighted by Crippen LogP contribution is -2.26. The Hall–Kier alpha value is -1.56. The molecule has 1 fully saturated rings. The van der Waals surface area contributed by atoms with E-state index in [4.69, 9.17) is 0 Å². The number of amides is 1. The highest BCUT2D eigenvalue weighted by Gasteiger charge is 2.32. The van der Waals surface area contributed by atoms with Crippen LogP contribution in [-0.2, 0) is 9.59 Å². The van der Waals surface area contributed by atoms with Crippen molar-refractivity contribution in [3.8, 4) is 0 Å². The number of nitrogens with zero attached hydrogens (tertiary/aromatic N) is 3. The average molecular weight is 307 g/mol. The van der Waals surface area contributed by atoms with Gasteiger partial charge >= 0.3 is 0 Å². The fourth-order valence-corrected chi connectivity index (χ4v) is 3.43. The van der Waals surface area contributed by atoms with Crippen molar-refractivity contribution in [3.63, 3.8) is 0 Å². The molecular formula is C15H21N3O2S. The number of anilines is 2. The van der Waals surface area contributed by atoms with Gasteiger partial charge < -0.3 is 9.80 Å². The maximum atomic E-state index is 12.1. The standard InChI is InChI=1S/C15H21N3O2S/c1-4-17(5-2)14-7-6-12(9-16-14)18-10-13(8-15(18)20)21-11(3)19/h6-7,9,13H,4-5,8,10H2,1-3H3. The second-order valence-electron chi connectivity index (χ2n) is 4.99. The molecule has 1 aliphatic rings. The number of carbonyl (C=O) groups is 2. The predicted octanol–water partition coefficient (Wildman–Crippen LogP) is 2.31. The molecule has 1 aromatic heterocycles. The lowest BCUT2D eigenvalue weighted by molar-refractivity contribution is -0.117. The molecular weight excluding hydrogens is 286 g/mol. The Morgan fingerprint density at radius 1 is 1.43 bits per heavy atom. The molecule has 5 nitrogen and oxygen atoms in total. The minimum absolute atomic E-state index is 0.0532. The molecule has 1 aliphatic heterocycles. The molecule has 21 heavy (non-hydrogen) atoms. The number of hydrogen-bond acceptors (Lipinski definition) is 5. The third-order valence-electron chi connectivity index (χ3n) is 3.55. The molecule has 6 heteroatoms. The Labute approximate surface area is 129 Å². The molecule has 0 bridgehead atoms. The number of carbonyl (C=O) groups excluding carboxylic acids is 2. The monoisotopic (exact) mass is 307 g/mol. The van der Waals surface area contributed by atoms with E-state index < -0.39 is 0 Å². The Balaban J connectivity index is 2.08. The van der Waals surface area contributed by atoms with Gasteiger partial charge in [-0.25, -0.2) is 4.98 Å². The van der Waals surface area contributed by atoms with Crippen molar-refractivity contribution in [2.24, 2.45) is 0 Å². The van der Waals surface area contributed by atoms with Crippen LogP contribution in [0.5, 0.6) is 0 Å². The third kappa shape index (κ3) is 3.75. The lowest BCUT2D eigenvalue weighted by Gasteiger charge is -2.21. The van der Waals surface area contributed by atoms with Gasteiger partial charge in [-0.2, -0.15) is 0 Å². The Morgan fingerprint density at radius 3 is 2.67 bits per heavy atom. The van der Waals surface area contributed by atoms with E-state index in [9.17, 15) is 9.59 Å². The molecule has 114 valence electrons. The average Bonchev–Trinajstić information content (AvgIpc) is 2.81. The van der Waals surface area contributed by atoms with Gasteiger partial charge in [0.1, 0.15) is 5.82 Å². The van der Waals surface area contributed by atoms with Crippen molar-refractivity contribution in [3.05, 3.63) is 18.3 Å². The molecule has 2 rings (SSSR count). The summed E-state index contributed by atoms with van der Waals surface area (Å²) in [4.78, 5) is 31.5. The Kier molecular flexibility index (Phi) is 5.22. The number of rotatable bonds is 5. The molecule has 1 amide bonds. The van der Waals surface area contributed by atoms with Gasteiger partial charge in [0.15, 0.2) is 5.12 Å². The van der Waals surface area contributed by atoms with Crippen molar-refractivity contribution in [2.45, 2.75) is 32.4 Å². The summed E-state index contributed by atoms with van der Waals surface area (Å²) < 4.78 is 0. The number of thioether (sulfide) groups is 1. The minimum atomic E-state index is 0.0532. The van der Waals surface area contributed by atoms with Crippen LogP contribution in [-0.4, -0.2) is 40.9 Å². The number of hydrogen-bond donors (Lipinski definition) is 0. The summed E-state index contributed by atoms with van der Waals surface area (Å²) in [6, 6.07) is 3.88.